The van der Waals surface area contributed by atoms with Gasteiger partial charge in [-0.25, -0.2) is 0 Å². The van der Waals surface area contributed by atoms with E-state index < -0.39 is 5.41 Å². The fourth-order valence-electron chi connectivity index (χ4n) is 1.68. The number of thiol groups is 3. The molecule has 0 atom stereocenters. The van der Waals surface area contributed by atoms with Gasteiger partial charge in [-0.1, -0.05) is 13.5 Å². The second-order valence-corrected chi connectivity index (χ2v) is 6.76. The maximum absolute atomic E-state index is 11.6. The monoisotopic (exact) mass is 396 g/mol. The van der Waals surface area contributed by atoms with E-state index >= 15 is 0 Å². The smallest absolute Gasteiger partial charge is 0.306 e. The Balaban J connectivity index is 4.81. The molecule has 0 aromatic carbocycles. The number of hydrogen-bond donors (Lipinski definition) is 3. The average Bonchev–Trinajstić information content (AvgIpc) is 2.55. The molecule has 0 saturated carbocycles. The van der Waals surface area contributed by atoms with Crippen LogP contribution in [0.1, 0.15) is 32.6 Å². The van der Waals surface area contributed by atoms with Crippen molar-refractivity contribution in [1.82, 2.24) is 0 Å². The highest BCUT2D eigenvalue weighted by atomic mass is 32.1. The third kappa shape index (κ3) is 10.4. The Morgan fingerprint density at radius 3 is 1.62 bits per heavy atom. The number of ether oxygens (including phenoxy) is 3. The molecule has 0 radical (unpaired) electrons. The standard InChI is InChI=1S/C16H28O5S3/c1-3-16(10-19-13(2)4-7-22,11-20-14(17)5-8-23)12-21-15(18)6-9-24/h22-24H,2-12H2,1H3. The molecule has 0 aliphatic carbocycles. The minimum absolute atomic E-state index is 0.110. The van der Waals surface area contributed by atoms with Gasteiger partial charge in [0.1, 0.15) is 13.2 Å². The van der Waals surface area contributed by atoms with Gasteiger partial charge >= 0.3 is 11.9 Å². The van der Waals surface area contributed by atoms with Gasteiger partial charge in [0.25, 0.3) is 0 Å². The van der Waals surface area contributed by atoms with Crippen LogP contribution in [0.15, 0.2) is 12.3 Å². The second-order valence-electron chi connectivity index (χ2n) is 5.42. The van der Waals surface area contributed by atoms with Crippen LogP contribution >= 0.6 is 37.9 Å². The van der Waals surface area contributed by atoms with Gasteiger partial charge in [-0.2, -0.15) is 37.9 Å². The molecule has 0 aromatic heterocycles. The van der Waals surface area contributed by atoms with E-state index in [1.807, 2.05) is 6.92 Å². The van der Waals surface area contributed by atoms with Gasteiger partial charge in [-0.3, -0.25) is 9.59 Å². The van der Waals surface area contributed by atoms with E-state index in [-0.39, 0.29) is 44.6 Å². The molecule has 0 aliphatic rings. The van der Waals surface area contributed by atoms with Gasteiger partial charge in [-0.05, 0) is 12.2 Å². The topological polar surface area (TPSA) is 61.8 Å². The van der Waals surface area contributed by atoms with E-state index in [1.165, 1.54) is 0 Å². The third-order valence-corrected chi connectivity index (χ3v) is 4.10. The highest BCUT2D eigenvalue weighted by molar-refractivity contribution is 7.80. The summed E-state index contributed by atoms with van der Waals surface area (Å²) in [5.74, 6) is 1.41. The first kappa shape index (κ1) is 23.5. The second kappa shape index (κ2) is 13.8. The maximum atomic E-state index is 11.6. The van der Waals surface area contributed by atoms with Crippen molar-refractivity contribution < 1.29 is 23.8 Å². The van der Waals surface area contributed by atoms with Crippen molar-refractivity contribution in [3.8, 4) is 0 Å². The Kier molecular flexibility index (Phi) is 13.5. The summed E-state index contributed by atoms with van der Waals surface area (Å²) in [4.78, 5) is 23.3. The normalized spacial score (nSPS) is 11.0. The van der Waals surface area contributed by atoms with Crippen LogP contribution in [0.4, 0.5) is 0 Å². The summed E-state index contributed by atoms with van der Waals surface area (Å²) in [7, 11) is 0. The van der Waals surface area contributed by atoms with Gasteiger partial charge in [0.05, 0.1) is 30.6 Å². The maximum Gasteiger partial charge on any atom is 0.306 e. The number of allylic oxidation sites excluding steroid dienone is 1. The van der Waals surface area contributed by atoms with Gasteiger partial charge in [-0.15, -0.1) is 0 Å². The van der Waals surface area contributed by atoms with Crippen LogP contribution in [-0.2, 0) is 23.8 Å². The molecule has 8 heteroatoms. The highest BCUT2D eigenvalue weighted by Gasteiger charge is 2.33. The minimum atomic E-state index is -0.613. The lowest BCUT2D eigenvalue weighted by molar-refractivity contribution is -0.156. The molecule has 0 aliphatic heterocycles. The SMILES string of the molecule is C=C(CCS)OCC(CC)(COC(=O)CCS)COC(=O)CCS. The van der Waals surface area contributed by atoms with E-state index in [1.54, 1.807) is 0 Å². The van der Waals surface area contributed by atoms with Crippen LogP contribution < -0.4 is 0 Å². The summed E-state index contributed by atoms with van der Waals surface area (Å²) >= 11 is 12.2. The first-order chi connectivity index (χ1) is 11.4. The van der Waals surface area contributed by atoms with Crippen LogP contribution in [0.25, 0.3) is 0 Å². The summed E-state index contributed by atoms with van der Waals surface area (Å²) in [5.41, 5.74) is -0.613. The van der Waals surface area contributed by atoms with Crippen molar-refractivity contribution in [2.75, 3.05) is 37.1 Å². The Morgan fingerprint density at radius 1 is 0.833 bits per heavy atom. The number of carbonyl (C=O) groups is 2. The van der Waals surface area contributed by atoms with E-state index in [4.69, 9.17) is 14.2 Å². The van der Waals surface area contributed by atoms with Crippen molar-refractivity contribution >= 4 is 49.8 Å². The van der Waals surface area contributed by atoms with E-state index in [2.05, 4.69) is 44.5 Å². The predicted molar refractivity (Wildman–Crippen MR) is 105 cm³/mol. The fourth-order valence-corrected chi connectivity index (χ4v) is 2.29. The summed E-state index contributed by atoms with van der Waals surface area (Å²) in [6.45, 7) is 6.23. The van der Waals surface area contributed by atoms with Gasteiger partial charge in [0.2, 0.25) is 0 Å². The predicted octanol–water partition coefficient (Wildman–Crippen LogP) is 2.96. The fraction of sp³-hybridized carbons (Fsp3) is 0.750. The van der Waals surface area contributed by atoms with Gasteiger partial charge < -0.3 is 14.2 Å². The summed E-state index contributed by atoms with van der Waals surface area (Å²) in [6, 6.07) is 0. The van der Waals surface area contributed by atoms with Crippen LogP contribution in [0.2, 0.25) is 0 Å². The molecule has 24 heavy (non-hydrogen) atoms. The van der Waals surface area contributed by atoms with Crippen molar-refractivity contribution in [2.45, 2.75) is 32.6 Å². The number of carbonyl (C=O) groups excluding carboxylic acids is 2. The first-order valence-electron chi connectivity index (χ1n) is 7.87. The van der Waals surface area contributed by atoms with Gasteiger partial charge in [0.15, 0.2) is 0 Å². The van der Waals surface area contributed by atoms with Crippen molar-refractivity contribution in [3.63, 3.8) is 0 Å². The first-order valence-corrected chi connectivity index (χ1v) is 9.77. The van der Waals surface area contributed by atoms with Crippen LogP contribution in [0.3, 0.4) is 0 Å². The van der Waals surface area contributed by atoms with Crippen molar-refractivity contribution in [1.29, 1.82) is 0 Å². The molecular formula is C16H28O5S3. The zero-order valence-electron chi connectivity index (χ0n) is 14.2. The molecule has 0 N–H and O–H groups in total. The van der Waals surface area contributed by atoms with Gasteiger partial charge in [0, 0.05) is 17.9 Å². The molecule has 5 nitrogen and oxygen atoms in total. The molecule has 140 valence electrons. The molecule has 0 aromatic rings. The lowest BCUT2D eigenvalue weighted by atomic mass is 9.88. The lowest BCUT2D eigenvalue weighted by Crippen LogP contribution is -2.38. The molecule has 0 saturated heterocycles. The zero-order chi connectivity index (χ0) is 18.4. The Bertz CT molecular complexity index is 346. The quantitative estimate of drug-likeness (QED) is 0.239. The molecule has 0 fully saturated rings. The summed E-state index contributed by atoms with van der Waals surface area (Å²) < 4.78 is 16.3. The molecule has 0 bridgehead atoms. The average molecular weight is 397 g/mol. The summed E-state index contributed by atoms with van der Waals surface area (Å²) in [5, 5.41) is 0. The highest BCUT2D eigenvalue weighted by Crippen LogP contribution is 2.26. The third-order valence-electron chi connectivity index (χ3n) is 3.43. The zero-order valence-corrected chi connectivity index (χ0v) is 16.8. The molecule has 0 rings (SSSR count). The van der Waals surface area contributed by atoms with Crippen molar-refractivity contribution in [2.24, 2.45) is 5.41 Å². The van der Waals surface area contributed by atoms with Crippen LogP contribution in [0, 0.1) is 5.41 Å². The van der Waals surface area contributed by atoms with E-state index in [0.29, 0.717) is 35.9 Å². The number of hydrogen-bond acceptors (Lipinski definition) is 8. The van der Waals surface area contributed by atoms with Crippen LogP contribution in [0.5, 0.6) is 0 Å². The lowest BCUT2D eigenvalue weighted by Gasteiger charge is -2.31. The Hall–Kier alpha value is -0.470. The largest absolute Gasteiger partial charge is 0.498 e. The molecule has 0 unspecified atom stereocenters. The number of rotatable bonds is 14. The Morgan fingerprint density at radius 2 is 1.25 bits per heavy atom. The molecule has 0 spiro atoms. The van der Waals surface area contributed by atoms with E-state index in [0.717, 1.165) is 0 Å². The van der Waals surface area contributed by atoms with E-state index in [9.17, 15) is 9.59 Å². The minimum Gasteiger partial charge on any atom is -0.498 e. The molecule has 0 amide bonds. The summed E-state index contributed by atoms with van der Waals surface area (Å²) in [6.07, 6.45) is 1.70. The molecule has 0 heterocycles. The Labute approximate surface area is 161 Å². The molecular weight excluding hydrogens is 368 g/mol. The number of esters is 2. The van der Waals surface area contributed by atoms with Crippen molar-refractivity contribution in [3.05, 3.63) is 12.3 Å². The van der Waals surface area contributed by atoms with Crippen LogP contribution in [-0.4, -0.2) is 49.0 Å².